The van der Waals surface area contributed by atoms with Gasteiger partial charge in [-0.15, -0.1) is 0 Å². The Labute approximate surface area is 163 Å². The highest BCUT2D eigenvalue weighted by molar-refractivity contribution is 5.80. The van der Waals surface area contributed by atoms with E-state index in [0.29, 0.717) is 11.5 Å². The Morgan fingerprint density at radius 1 is 0.964 bits per heavy atom. The first kappa shape index (κ1) is 18.1. The monoisotopic (exact) mass is 374 g/mol. The van der Waals surface area contributed by atoms with Gasteiger partial charge in [-0.05, 0) is 48.4 Å². The number of imidazole rings is 1. The van der Waals surface area contributed by atoms with Gasteiger partial charge in [0.2, 0.25) is 0 Å². The average Bonchev–Trinajstić information content (AvgIpc) is 3.16. The minimum atomic E-state index is -0.515. The highest BCUT2D eigenvalue weighted by Crippen LogP contribution is 2.38. The van der Waals surface area contributed by atoms with Gasteiger partial charge >= 0.3 is 0 Å². The normalized spacial score (nSPS) is 12.1. The molecule has 0 aliphatic rings. The molecule has 0 spiro atoms. The fraction of sp³-hybridized carbons (Fsp3) is 0.174. The molecular formula is C23H22N2O3. The van der Waals surface area contributed by atoms with Gasteiger partial charge in [0.05, 0.1) is 31.4 Å². The van der Waals surface area contributed by atoms with Crippen molar-refractivity contribution in [1.29, 1.82) is 0 Å². The van der Waals surface area contributed by atoms with Crippen molar-refractivity contribution in [3.05, 3.63) is 72.6 Å². The molecule has 0 saturated heterocycles. The predicted octanol–water partition coefficient (Wildman–Crippen LogP) is 4.76. The molecule has 0 saturated carbocycles. The molecule has 4 aromatic rings. The van der Waals surface area contributed by atoms with E-state index in [1.807, 2.05) is 59.2 Å². The van der Waals surface area contributed by atoms with Crippen LogP contribution in [-0.2, 0) is 0 Å². The number of benzene rings is 3. The second-order valence-corrected chi connectivity index (χ2v) is 6.63. The van der Waals surface area contributed by atoms with Gasteiger partial charge in [0.1, 0.15) is 6.33 Å². The van der Waals surface area contributed by atoms with Crippen LogP contribution in [0.25, 0.3) is 27.8 Å². The fourth-order valence-corrected chi connectivity index (χ4v) is 3.43. The minimum absolute atomic E-state index is 0.515. The van der Waals surface area contributed by atoms with E-state index in [-0.39, 0.29) is 0 Å². The Bertz CT molecular complexity index is 1130. The molecule has 28 heavy (non-hydrogen) atoms. The van der Waals surface area contributed by atoms with Gasteiger partial charge in [0.15, 0.2) is 11.5 Å². The van der Waals surface area contributed by atoms with Crippen LogP contribution in [0.15, 0.2) is 67.0 Å². The Kier molecular flexibility index (Phi) is 4.75. The summed E-state index contributed by atoms with van der Waals surface area (Å²) in [6, 6.07) is 19.9. The lowest BCUT2D eigenvalue weighted by atomic mass is 10.0. The number of nitrogens with zero attached hydrogens (tertiary/aromatic N) is 2. The standard InChI is InChI=1S/C23H22N2O3/c1-15(26)16-10-11-21-20(13-16)24-14-25(21)18-7-4-6-17(12-18)19-8-5-9-22(27-2)23(19)28-3/h4-15,26H,1-3H3/t15-/m1/s1. The molecule has 5 heteroatoms. The van der Waals surface area contributed by atoms with Crippen molar-refractivity contribution < 1.29 is 14.6 Å². The summed E-state index contributed by atoms with van der Waals surface area (Å²) in [5.74, 6) is 1.41. The van der Waals surface area contributed by atoms with E-state index in [2.05, 4.69) is 11.1 Å². The van der Waals surface area contributed by atoms with Gasteiger partial charge in [0.25, 0.3) is 0 Å². The summed E-state index contributed by atoms with van der Waals surface area (Å²) in [6.45, 7) is 1.75. The molecule has 1 N–H and O–H groups in total. The van der Waals surface area contributed by atoms with Crippen molar-refractivity contribution in [3.63, 3.8) is 0 Å². The summed E-state index contributed by atoms with van der Waals surface area (Å²) >= 11 is 0. The molecule has 142 valence electrons. The number of aromatic nitrogens is 2. The number of methoxy groups -OCH3 is 2. The van der Waals surface area contributed by atoms with Crippen LogP contribution in [0.5, 0.6) is 11.5 Å². The molecule has 1 aromatic heterocycles. The lowest BCUT2D eigenvalue weighted by molar-refractivity contribution is 0.199. The van der Waals surface area contributed by atoms with Crippen molar-refractivity contribution >= 4 is 11.0 Å². The van der Waals surface area contributed by atoms with Crippen molar-refractivity contribution in [1.82, 2.24) is 9.55 Å². The maximum atomic E-state index is 9.80. The highest BCUT2D eigenvalue weighted by atomic mass is 16.5. The van der Waals surface area contributed by atoms with Crippen LogP contribution in [0.1, 0.15) is 18.6 Å². The Morgan fingerprint density at radius 2 is 1.79 bits per heavy atom. The van der Waals surface area contributed by atoms with Crippen molar-refractivity contribution in [3.8, 4) is 28.3 Å². The summed E-state index contributed by atoms with van der Waals surface area (Å²) in [4.78, 5) is 4.51. The summed E-state index contributed by atoms with van der Waals surface area (Å²) < 4.78 is 13.1. The third kappa shape index (κ3) is 3.10. The zero-order valence-corrected chi connectivity index (χ0v) is 16.1. The molecule has 0 aliphatic heterocycles. The molecule has 0 bridgehead atoms. The van der Waals surface area contributed by atoms with E-state index in [0.717, 1.165) is 33.4 Å². The van der Waals surface area contributed by atoms with E-state index in [4.69, 9.17) is 9.47 Å². The molecular weight excluding hydrogens is 352 g/mol. The predicted molar refractivity (Wildman–Crippen MR) is 110 cm³/mol. The first-order valence-electron chi connectivity index (χ1n) is 9.09. The zero-order valence-electron chi connectivity index (χ0n) is 16.1. The van der Waals surface area contributed by atoms with Gasteiger partial charge in [-0.3, -0.25) is 4.57 Å². The Hall–Kier alpha value is -3.31. The first-order chi connectivity index (χ1) is 13.6. The number of fused-ring (bicyclic) bond motifs is 1. The smallest absolute Gasteiger partial charge is 0.168 e. The van der Waals surface area contributed by atoms with Crippen LogP contribution >= 0.6 is 0 Å². The minimum Gasteiger partial charge on any atom is -0.493 e. The fourth-order valence-electron chi connectivity index (χ4n) is 3.43. The quantitative estimate of drug-likeness (QED) is 0.547. The van der Waals surface area contributed by atoms with E-state index in [1.165, 1.54) is 0 Å². The summed E-state index contributed by atoms with van der Waals surface area (Å²) in [5, 5.41) is 9.80. The maximum absolute atomic E-state index is 9.80. The van der Waals surface area contributed by atoms with E-state index < -0.39 is 6.10 Å². The number of hydrogen-bond acceptors (Lipinski definition) is 4. The van der Waals surface area contributed by atoms with Crippen LogP contribution in [0, 0.1) is 0 Å². The number of aliphatic hydroxyl groups excluding tert-OH is 1. The summed E-state index contributed by atoms with van der Waals surface area (Å²) in [7, 11) is 3.28. The van der Waals surface area contributed by atoms with Gasteiger partial charge in [-0.1, -0.05) is 30.3 Å². The lowest BCUT2D eigenvalue weighted by Crippen LogP contribution is -1.96. The largest absolute Gasteiger partial charge is 0.493 e. The van der Waals surface area contributed by atoms with Crippen LogP contribution in [0.3, 0.4) is 0 Å². The molecule has 0 amide bonds. The molecule has 4 rings (SSSR count). The SMILES string of the molecule is COc1cccc(-c2cccc(-n3cnc4cc([C@@H](C)O)ccc43)c2)c1OC. The molecule has 0 aliphatic carbocycles. The average molecular weight is 374 g/mol. The van der Waals surface area contributed by atoms with Crippen molar-refractivity contribution in [2.45, 2.75) is 13.0 Å². The van der Waals surface area contributed by atoms with Crippen LogP contribution in [0.2, 0.25) is 0 Å². The third-order valence-corrected chi connectivity index (χ3v) is 4.89. The van der Waals surface area contributed by atoms with Crippen molar-refractivity contribution in [2.24, 2.45) is 0 Å². The second kappa shape index (κ2) is 7.37. The number of para-hydroxylation sites is 1. The van der Waals surface area contributed by atoms with Crippen molar-refractivity contribution in [2.75, 3.05) is 14.2 Å². The van der Waals surface area contributed by atoms with E-state index in [1.54, 1.807) is 27.5 Å². The molecule has 1 atom stereocenters. The molecule has 0 unspecified atom stereocenters. The third-order valence-electron chi connectivity index (χ3n) is 4.89. The Balaban J connectivity index is 1.81. The van der Waals surface area contributed by atoms with Crippen LogP contribution < -0.4 is 9.47 Å². The van der Waals surface area contributed by atoms with Gasteiger partial charge in [-0.25, -0.2) is 4.98 Å². The van der Waals surface area contributed by atoms with Gasteiger partial charge in [0, 0.05) is 11.3 Å². The zero-order chi connectivity index (χ0) is 19.7. The van der Waals surface area contributed by atoms with Gasteiger partial charge < -0.3 is 14.6 Å². The van der Waals surface area contributed by atoms with Gasteiger partial charge in [-0.2, -0.15) is 0 Å². The topological polar surface area (TPSA) is 56.5 Å². The number of hydrogen-bond donors (Lipinski definition) is 1. The lowest BCUT2D eigenvalue weighted by Gasteiger charge is -2.14. The molecule has 1 heterocycles. The molecule has 0 fully saturated rings. The number of rotatable bonds is 5. The number of aliphatic hydroxyl groups is 1. The molecule has 5 nitrogen and oxygen atoms in total. The maximum Gasteiger partial charge on any atom is 0.168 e. The van der Waals surface area contributed by atoms with Crippen LogP contribution in [-0.4, -0.2) is 28.9 Å². The molecule has 0 radical (unpaired) electrons. The summed E-state index contributed by atoms with van der Waals surface area (Å²) in [6.07, 6.45) is 1.29. The second-order valence-electron chi connectivity index (χ2n) is 6.63. The van der Waals surface area contributed by atoms with E-state index in [9.17, 15) is 5.11 Å². The first-order valence-corrected chi connectivity index (χ1v) is 9.09. The highest BCUT2D eigenvalue weighted by Gasteiger charge is 2.13. The Morgan fingerprint density at radius 3 is 2.54 bits per heavy atom. The van der Waals surface area contributed by atoms with Crippen LogP contribution in [0.4, 0.5) is 0 Å². The van der Waals surface area contributed by atoms with E-state index >= 15 is 0 Å². The molecule has 3 aromatic carbocycles. The number of ether oxygens (including phenoxy) is 2. The summed E-state index contributed by atoms with van der Waals surface area (Å²) in [5.41, 5.74) is 5.67.